The Hall–Kier alpha value is -2.07. The fourth-order valence-electron chi connectivity index (χ4n) is 1.74. The summed E-state index contributed by atoms with van der Waals surface area (Å²) >= 11 is 0. The van der Waals surface area contributed by atoms with Crippen LogP contribution in [-0.2, 0) is 13.2 Å². The minimum atomic E-state index is -0.277. The molecule has 0 atom stereocenters. The van der Waals surface area contributed by atoms with E-state index in [-0.39, 0.29) is 5.82 Å². The highest BCUT2D eigenvalue weighted by molar-refractivity contribution is 5.37. The first kappa shape index (κ1) is 13.4. The molecule has 0 radical (unpaired) electrons. The van der Waals surface area contributed by atoms with E-state index in [2.05, 4.69) is 0 Å². The molecule has 2 aromatic carbocycles. The lowest BCUT2D eigenvalue weighted by atomic mass is 10.1. The van der Waals surface area contributed by atoms with Crippen molar-refractivity contribution in [3.8, 4) is 11.5 Å². The van der Waals surface area contributed by atoms with E-state index in [0.29, 0.717) is 18.9 Å². The van der Waals surface area contributed by atoms with Gasteiger partial charge in [0.15, 0.2) is 0 Å². The maximum atomic E-state index is 12.7. The molecule has 4 heteroatoms. The average Bonchev–Trinajstić information content (AvgIpc) is 2.46. The summed E-state index contributed by atoms with van der Waals surface area (Å²) in [5, 5.41) is 0. The summed E-state index contributed by atoms with van der Waals surface area (Å²) in [6.07, 6.45) is 0. The zero-order chi connectivity index (χ0) is 13.7. The van der Waals surface area contributed by atoms with Gasteiger partial charge in [0, 0.05) is 12.1 Å². The SMILES string of the molecule is COc1cc(COc2ccc(F)cc2)ccc1CN. The summed E-state index contributed by atoms with van der Waals surface area (Å²) in [5.41, 5.74) is 7.53. The number of methoxy groups -OCH3 is 1. The van der Waals surface area contributed by atoms with Crippen molar-refractivity contribution in [2.45, 2.75) is 13.2 Å². The third-order valence-corrected chi connectivity index (χ3v) is 2.79. The van der Waals surface area contributed by atoms with E-state index in [9.17, 15) is 4.39 Å². The van der Waals surface area contributed by atoms with Gasteiger partial charge in [-0.1, -0.05) is 12.1 Å². The number of hydrogen-bond acceptors (Lipinski definition) is 3. The van der Waals surface area contributed by atoms with Crippen LogP contribution in [0.4, 0.5) is 4.39 Å². The minimum absolute atomic E-state index is 0.277. The van der Waals surface area contributed by atoms with Crippen LogP contribution in [0, 0.1) is 5.82 Å². The third-order valence-electron chi connectivity index (χ3n) is 2.79. The van der Waals surface area contributed by atoms with Gasteiger partial charge in [-0.25, -0.2) is 4.39 Å². The minimum Gasteiger partial charge on any atom is -0.496 e. The molecule has 0 aliphatic rings. The highest BCUT2D eigenvalue weighted by atomic mass is 19.1. The second kappa shape index (κ2) is 6.20. The summed E-state index contributed by atoms with van der Waals surface area (Å²) < 4.78 is 23.6. The van der Waals surface area contributed by atoms with Crippen molar-refractivity contribution in [1.29, 1.82) is 0 Å². The van der Waals surface area contributed by atoms with Gasteiger partial charge in [-0.2, -0.15) is 0 Å². The molecule has 19 heavy (non-hydrogen) atoms. The molecule has 0 bridgehead atoms. The molecule has 3 nitrogen and oxygen atoms in total. The molecule has 0 unspecified atom stereocenters. The smallest absolute Gasteiger partial charge is 0.123 e. The molecule has 0 aliphatic carbocycles. The molecule has 0 amide bonds. The summed E-state index contributed by atoms with van der Waals surface area (Å²) in [6.45, 7) is 0.828. The maximum Gasteiger partial charge on any atom is 0.123 e. The number of halogens is 1. The van der Waals surface area contributed by atoms with Crippen LogP contribution >= 0.6 is 0 Å². The number of rotatable bonds is 5. The molecule has 100 valence electrons. The largest absolute Gasteiger partial charge is 0.496 e. The molecule has 2 rings (SSSR count). The van der Waals surface area contributed by atoms with Crippen molar-refractivity contribution in [2.75, 3.05) is 7.11 Å². The maximum absolute atomic E-state index is 12.7. The van der Waals surface area contributed by atoms with Gasteiger partial charge in [0.05, 0.1) is 7.11 Å². The van der Waals surface area contributed by atoms with Gasteiger partial charge >= 0.3 is 0 Å². The first-order valence-corrected chi connectivity index (χ1v) is 5.97. The lowest BCUT2D eigenvalue weighted by Gasteiger charge is -2.10. The van der Waals surface area contributed by atoms with Crippen LogP contribution in [0.5, 0.6) is 11.5 Å². The Labute approximate surface area is 111 Å². The molecule has 0 aromatic heterocycles. The quantitative estimate of drug-likeness (QED) is 0.900. The van der Waals surface area contributed by atoms with Gasteiger partial charge < -0.3 is 15.2 Å². The normalized spacial score (nSPS) is 10.3. The fraction of sp³-hybridized carbons (Fsp3) is 0.200. The standard InChI is InChI=1S/C15H16FNO2/c1-18-15-8-11(2-3-12(15)9-17)10-19-14-6-4-13(16)5-7-14/h2-8H,9-10,17H2,1H3. The third kappa shape index (κ3) is 3.45. The van der Waals surface area contributed by atoms with Crippen LogP contribution in [-0.4, -0.2) is 7.11 Å². The summed E-state index contributed by atoms with van der Waals surface area (Å²) in [6, 6.07) is 11.7. The van der Waals surface area contributed by atoms with E-state index in [4.69, 9.17) is 15.2 Å². The molecular weight excluding hydrogens is 245 g/mol. The van der Waals surface area contributed by atoms with Crippen molar-refractivity contribution >= 4 is 0 Å². The van der Waals surface area contributed by atoms with E-state index in [1.165, 1.54) is 12.1 Å². The highest BCUT2D eigenvalue weighted by Gasteiger charge is 2.03. The number of nitrogens with two attached hydrogens (primary N) is 1. The van der Waals surface area contributed by atoms with Crippen molar-refractivity contribution in [3.05, 3.63) is 59.4 Å². The first-order chi connectivity index (χ1) is 9.22. The van der Waals surface area contributed by atoms with Crippen LogP contribution in [0.2, 0.25) is 0 Å². The molecule has 0 fully saturated rings. The Morgan fingerprint density at radius 2 is 1.84 bits per heavy atom. The Balaban J connectivity index is 2.05. The van der Waals surface area contributed by atoms with Gasteiger partial charge in [0.1, 0.15) is 23.9 Å². The van der Waals surface area contributed by atoms with Crippen molar-refractivity contribution in [2.24, 2.45) is 5.73 Å². The van der Waals surface area contributed by atoms with E-state index >= 15 is 0 Å². The number of ether oxygens (including phenoxy) is 2. The molecule has 0 heterocycles. The second-order valence-corrected chi connectivity index (χ2v) is 4.09. The summed E-state index contributed by atoms with van der Waals surface area (Å²) in [4.78, 5) is 0. The lowest BCUT2D eigenvalue weighted by Crippen LogP contribution is -2.02. The topological polar surface area (TPSA) is 44.5 Å². The van der Waals surface area contributed by atoms with Gasteiger partial charge in [-0.3, -0.25) is 0 Å². The predicted octanol–water partition coefficient (Wildman–Crippen LogP) is 2.87. The average molecular weight is 261 g/mol. The van der Waals surface area contributed by atoms with Crippen molar-refractivity contribution < 1.29 is 13.9 Å². The van der Waals surface area contributed by atoms with E-state index < -0.39 is 0 Å². The van der Waals surface area contributed by atoms with Crippen LogP contribution in [0.1, 0.15) is 11.1 Å². The van der Waals surface area contributed by atoms with E-state index in [1.807, 2.05) is 18.2 Å². The summed E-state index contributed by atoms with van der Waals surface area (Å²) in [7, 11) is 1.61. The molecule has 2 aromatic rings. The Bertz CT molecular complexity index is 540. The van der Waals surface area contributed by atoms with Crippen LogP contribution in [0.15, 0.2) is 42.5 Å². The first-order valence-electron chi connectivity index (χ1n) is 5.97. The Kier molecular flexibility index (Phi) is 4.36. The van der Waals surface area contributed by atoms with Crippen LogP contribution in [0.25, 0.3) is 0 Å². The molecule has 0 aliphatic heterocycles. The number of hydrogen-bond donors (Lipinski definition) is 1. The van der Waals surface area contributed by atoms with Crippen LogP contribution in [0.3, 0.4) is 0 Å². The van der Waals surface area contributed by atoms with Gasteiger partial charge in [-0.15, -0.1) is 0 Å². The Morgan fingerprint density at radius 3 is 2.47 bits per heavy atom. The lowest BCUT2D eigenvalue weighted by molar-refractivity contribution is 0.304. The zero-order valence-corrected chi connectivity index (χ0v) is 10.7. The summed E-state index contributed by atoms with van der Waals surface area (Å²) in [5.74, 6) is 1.10. The molecule has 0 saturated heterocycles. The highest BCUT2D eigenvalue weighted by Crippen LogP contribution is 2.21. The zero-order valence-electron chi connectivity index (χ0n) is 10.7. The molecule has 2 N–H and O–H groups in total. The van der Waals surface area contributed by atoms with Gasteiger partial charge in [0.25, 0.3) is 0 Å². The van der Waals surface area contributed by atoms with E-state index in [1.54, 1.807) is 19.2 Å². The second-order valence-electron chi connectivity index (χ2n) is 4.09. The van der Waals surface area contributed by atoms with Crippen molar-refractivity contribution in [3.63, 3.8) is 0 Å². The number of benzene rings is 2. The monoisotopic (exact) mass is 261 g/mol. The molecule has 0 spiro atoms. The molecule has 0 saturated carbocycles. The van der Waals surface area contributed by atoms with Gasteiger partial charge in [-0.05, 0) is 35.9 Å². The van der Waals surface area contributed by atoms with Crippen LogP contribution < -0.4 is 15.2 Å². The van der Waals surface area contributed by atoms with E-state index in [0.717, 1.165) is 16.9 Å². The van der Waals surface area contributed by atoms with Gasteiger partial charge in [0.2, 0.25) is 0 Å². The Morgan fingerprint density at radius 1 is 1.11 bits per heavy atom. The predicted molar refractivity (Wildman–Crippen MR) is 71.6 cm³/mol. The fourth-order valence-corrected chi connectivity index (χ4v) is 1.74. The van der Waals surface area contributed by atoms with Crippen molar-refractivity contribution in [1.82, 2.24) is 0 Å². The molecular formula is C15H16FNO2.